The number of hydrogen-bond acceptors (Lipinski definition) is 2. The summed E-state index contributed by atoms with van der Waals surface area (Å²) < 4.78 is 1.85. The molecule has 1 unspecified atom stereocenters. The van der Waals surface area contributed by atoms with Crippen LogP contribution in [0.2, 0.25) is 5.02 Å². The van der Waals surface area contributed by atoms with Crippen molar-refractivity contribution in [1.82, 2.24) is 15.1 Å². The third-order valence-corrected chi connectivity index (χ3v) is 3.56. The number of benzene rings is 1. The topological polar surface area (TPSA) is 41.9 Å². The average Bonchev–Trinajstić information content (AvgIpc) is 2.85. The molecule has 0 radical (unpaired) electrons. The molecule has 0 aliphatic carbocycles. The van der Waals surface area contributed by atoms with Crippen molar-refractivity contribution in [2.75, 3.05) is 5.32 Å². The molecule has 0 aliphatic heterocycles. The van der Waals surface area contributed by atoms with Crippen molar-refractivity contribution in [1.29, 1.82) is 0 Å². The van der Waals surface area contributed by atoms with Crippen molar-refractivity contribution in [2.24, 2.45) is 0 Å². The maximum atomic E-state index is 5.98. The van der Waals surface area contributed by atoms with Crippen LogP contribution in [-0.2, 0) is 6.54 Å². The summed E-state index contributed by atoms with van der Waals surface area (Å²) in [5.74, 6) is 0.734. The number of halogens is 1. The molecule has 0 saturated heterocycles. The fourth-order valence-corrected chi connectivity index (χ4v) is 2.34. The van der Waals surface area contributed by atoms with E-state index in [-0.39, 0.29) is 0 Å². The van der Waals surface area contributed by atoms with Crippen LogP contribution in [0.15, 0.2) is 36.5 Å². The largest absolute Gasteiger partial charge is 0.360 e. The van der Waals surface area contributed by atoms with E-state index in [1.807, 2.05) is 41.2 Å². The fourth-order valence-electron chi connectivity index (χ4n) is 1.82. The fraction of sp³-hybridized carbons (Fsp3) is 0.333. The van der Waals surface area contributed by atoms with E-state index in [1.54, 1.807) is 0 Å². The summed E-state index contributed by atoms with van der Waals surface area (Å²) in [6.45, 7) is 4.87. The number of thiocarbonyl (C=S) groups is 1. The molecule has 1 heterocycles. The predicted octanol–water partition coefficient (Wildman–Crippen LogP) is 3.67. The summed E-state index contributed by atoms with van der Waals surface area (Å²) >= 11 is 11.2. The number of anilines is 1. The Balaban J connectivity index is 1.94. The smallest absolute Gasteiger partial charge is 0.172 e. The molecule has 2 aromatic rings. The second-order valence-electron chi connectivity index (χ2n) is 4.94. The van der Waals surface area contributed by atoms with Crippen molar-refractivity contribution in [3.63, 3.8) is 0 Å². The molecule has 6 heteroatoms. The minimum absolute atomic E-state index is 0.346. The van der Waals surface area contributed by atoms with Gasteiger partial charge in [-0.3, -0.25) is 4.68 Å². The molecule has 2 N–H and O–H groups in total. The Morgan fingerprint density at radius 1 is 1.43 bits per heavy atom. The van der Waals surface area contributed by atoms with Crippen LogP contribution < -0.4 is 10.6 Å². The number of rotatable bonds is 5. The molecule has 1 atom stereocenters. The lowest BCUT2D eigenvalue weighted by Crippen LogP contribution is -2.35. The molecule has 1 aromatic heterocycles. The van der Waals surface area contributed by atoms with E-state index in [4.69, 9.17) is 23.8 Å². The Morgan fingerprint density at radius 3 is 2.95 bits per heavy atom. The zero-order valence-corrected chi connectivity index (χ0v) is 13.7. The van der Waals surface area contributed by atoms with Gasteiger partial charge in [0, 0.05) is 23.3 Å². The lowest BCUT2D eigenvalue weighted by atomic mass is 10.2. The maximum absolute atomic E-state index is 5.98. The molecule has 0 aliphatic rings. The molecule has 21 heavy (non-hydrogen) atoms. The van der Waals surface area contributed by atoms with E-state index in [1.165, 1.54) is 0 Å². The third kappa shape index (κ3) is 5.02. The van der Waals surface area contributed by atoms with Gasteiger partial charge in [0.05, 0.1) is 6.54 Å². The molecule has 2 rings (SSSR count). The molecule has 0 fully saturated rings. The first-order chi connectivity index (χ1) is 10.1. The summed E-state index contributed by atoms with van der Waals surface area (Å²) in [6.07, 6.45) is 2.93. The number of nitrogens with one attached hydrogen (secondary N) is 2. The van der Waals surface area contributed by atoms with E-state index < -0.39 is 0 Å². The molecule has 112 valence electrons. The number of hydrogen-bond donors (Lipinski definition) is 2. The van der Waals surface area contributed by atoms with Gasteiger partial charge in [-0.25, -0.2) is 0 Å². The van der Waals surface area contributed by atoms with Crippen LogP contribution in [0.4, 0.5) is 5.82 Å². The van der Waals surface area contributed by atoms with Gasteiger partial charge in [0.25, 0.3) is 0 Å². The standard InChI is InChI=1S/C15H19ClN4S/c1-3-11(2)17-15(21)18-14-7-8-20(19-14)10-12-5-4-6-13(16)9-12/h4-9,11H,3,10H2,1-2H3,(H2,17,18,19,21). The van der Waals surface area contributed by atoms with Gasteiger partial charge in [0.1, 0.15) is 0 Å². The first-order valence-corrected chi connectivity index (χ1v) is 7.71. The Kier molecular flexibility index (Phi) is 5.59. The Hall–Kier alpha value is -1.59. The van der Waals surface area contributed by atoms with Gasteiger partial charge in [0.15, 0.2) is 10.9 Å². The molecular formula is C15H19ClN4S. The highest BCUT2D eigenvalue weighted by Crippen LogP contribution is 2.12. The van der Waals surface area contributed by atoms with Crippen molar-refractivity contribution in [3.8, 4) is 0 Å². The summed E-state index contributed by atoms with van der Waals surface area (Å²) in [6, 6.07) is 10.0. The second-order valence-corrected chi connectivity index (χ2v) is 5.78. The summed E-state index contributed by atoms with van der Waals surface area (Å²) in [7, 11) is 0. The summed E-state index contributed by atoms with van der Waals surface area (Å²) in [5.41, 5.74) is 1.11. The Bertz CT molecular complexity index is 611. The first kappa shape index (κ1) is 15.8. The van der Waals surface area contributed by atoms with Gasteiger partial charge in [0.2, 0.25) is 0 Å². The van der Waals surface area contributed by atoms with Crippen LogP contribution >= 0.6 is 23.8 Å². The van der Waals surface area contributed by atoms with Gasteiger partial charge in [-0.15, -0.1) is 0 Å². The van der Waals surface area contributed by atoms with E-state index in [0.717, 1.165) is 22.8 Å². The van der Waals surface area contributed by atoms with Crippen molar-refractivity contribution in [3.05, 3.63) is 47.1 Å². The summed E-state index contributed by atoms with van der Waals surface area (Å²) in [5, 5.41) is 12.1. The van der Waals surface area contributed by atoms with Gasteiger partial charge >= 0.3 is 0 Å². The van der Waals surface area contributed by atoms with Crippen molar-refractivity contribution in [2.45, 2.75) is 32.9 Å². The second kappa shape index (κ2) is 7.43. The van der Waals surface area contributed by atoms with E-state index in [0.29, 0.717) is 17.7 Å². The molecule has 0 spiro atoms. The Labute approximate surface area is 135 Å². The minimum Gasteiger partial charge on any atom is -0.360 e. The van der Waals surface area contributed by atoms with Crippen molar-refractivity contribution < 1.29 is 0 Å². The predicted molar refractivity (Wildman–Crippen MR) is 91.9 cm³/mol. The van der Waals surface area contributed by atoms with Crippen LogP contribution in [0.25, 0.3) is 0 Å². The molecule has 4 nitrogen and oxygen atoms in total. The monoisotopic (exact) mass is 322 g/mol. The Morgan fingerprint density at radius 2 is 2.24 bits per heavy atom. The van der Waals surface area contributed by atoms with Crippen LogP contribution in [0.5, 0.6) is 0 Å². The minimum atomic E-state index is 0.346. The molecular weight excluding hydrogens is 304 g/mol. The quantitative estimate of drug-likeness (QED) is 0.824. The highest BCUT2D eigenvalue weighted by atomic mass is 35.5. The lowest BCUT2D eigenvalue weighted by molar-refractivity contribution is 0.645. The number of nitrogens with zero attached hydrogens (tertiary/aromatic N) is 2. The molecule has 0 amide bonds. The maximum Gasteiger partial charge on any atom is 0.172 e. The van der Waals surface area contributed by atoms with Gasteiger partial charge < -0.3 is 10.6 Å². The van der Waals surface area contributed by atoms with E-state index in [9.17, 15) is 0 Å². The van der Waals surface area contributed by atoms with E-state index in [2.05, 4.69) is 29.6 Å². The first-order valence-electron chi connectivity index (χ1n) is 6.92. The zero-order chi connectivity index (χ0) is 15.2. The number of aromatic nitrogens is 2. The average molecular weight is 323 g/mol. The normalized spacial score (nSPS) is 12.0. The van der Waals surface area contributed by atoms with Gasteiger partial charge in [-0.05, 0) is 43.3 Å². The molecule has 0 bridgehead atoms. The lowest BCUT2D eigenvalue weighted by Gasteiger charge is -2.13. The third-order valence-electron chi connectivity index (χ3n) is 3.11. The highest BCUT2D eigenvalue weighted by Gasteiger charge is 2.05. The van der Waals surface area contributed by atoms with Gasteiger partial charge in [-0.2, -0.15) is 5.10 Å². The van der Waals surface area contributed by atoms with Crippen LogP contribution in [0.1, 0.15) is 25.8 Å². The van der Waals surface area contributed by atoms with Crippen LogP contribution in [0.3, 0.4) is 0 Å². The highest BCUT2D eigenvalue weighted by molar-refractivity contribution is 7.80. The van der Waals surface area contributed by atoms with Gasteiger partial charge in [-0.1, -0.05) is 30.7 Å². The van der Waals surface area contributed by atoms with E-state index >= 15 is 0 Å². The molecule has 0 saturated carbocycles. The van der Waals surface area contributed by atoms with Crippen LogP contribution in [0, 0.1) is 0 Å². The van der Waals surface area contributed by atoms with Crippen molar-refractivity contribution >= 4 is 34.7 Å². The van der Waals surface area contributed by atoms with Crippen LogP contribution in [-0.4, -0.2) is 20.9 Å². The molecule has 1 aromatic carbocycles. The zero-order valence-electron chi connectivity index (χ0n) is 12.1. The summed E-state index contributed by atoms with van der Waals surface area (Å²) in [4.78, 5) is 0. The SMILES string of the molecule is CCC(C)NC(=S)Nc1ccn(Cc2cccc(Cl)c2)n1.